The lowest BCUT2D eigenvalue weighted by Gasteiger charge is -2.06. The van der Waals surface area contributed by atoms with E-state index in [1.807, 2.05) is 11.4 Å². The number of hydrogen-bond donors (Lipinski definition) is 0. The van der Waals surface area contributed by atoms with E-state index in [4.69, 9.17) is 4.98 Å². The maximum atomic E-state index is 12.4. The van der Waals surface area contributed by atoms with Crippen molar-refractivity contribution in [1.29, 1.82) is 0 Å². The van der Waals surface area contributed by atoms with Crippen molar-refractivity contribution in [3.05, 3.63) is 62.7 Å². The summed E-state index contributed by atoms with van der Waals surface area (Å²) >= 11 is 4.70. The smallest absolute Gasteiger partial charge is 0.262 e. The molecule has 0 amide bonds. The molecule has 0 aliphatic rings. The summed E-state index contributed by atoms with van der Waals surface area (Å²) in [5.41, 5.74) is 3.50. The molecule has 0 atom stereocenters. The quantitative estimate of drug-likeness (QED) is 0.319. The van der Waals surface area contributed by atoms with Crippen LogP contribution in [-0.2, 0) is 12.8 Å². The molecule has 0 unspecified atom stereocenters. The Bertz CT molecular complexity index is 1140. The molecule has 0 aliphatic carbocycles. The number of fused-ring (bicyclic) bond motifs is 1. The van der Waals surface area contributed by atoms with Gasteiger partial charge in [-0.25, -0.2) is 9.97 Å². The second-order valence-electron chi connectivity index (χ2n) is 6.61. The molecule has 4 nitrogen and oxygen atoms in total. The molecule has 7 heteroatoms. The van der Waals surface area contributed by atoms with Crippen LogP contribution in [0.2, 0.25) is 0 Å². The highest BCUT2D eigenvalue weighted by molar-refractivity contribution is 7.98. The highest BCUT2D eigenvalue weighted by Crippen LogP contribution is 2.29. The molecule has 0 spiro atoms. The minimum absolute atomic E-state index is 0.00737. The summed E-state index contributed by atoms with van der Waals surface area (Å²) < 4.78 is 1.62. The SMILES string of the molecule is CC(C)c1ccc(-c2nc(CSc3nc4sccc4c(=O)n3C)cs2)cc1. The third-order valence-electron chi connectivity index (χ3n) is 4.39. The van der Waals surface area contributed by atoms with Crippen molar-refractivity contribution >= 4 is 44.7 Å². The normalized spacial score (nSPS) is 11.6. The van der Waals surface area contributed by atoms with Crippen LogP contribution >= 0.6 is 34.4 Å². The molecule has 4 rings (SSSR count). The highest BCUT2D eigenvalue weighted by atomic mass is 32.2. The Morgan fingerprint density at radius 2 is 1.89 bits per heavy atom. The number of benzene rings is 1. The summed E-state index contributed by atoms with van der Waals surface area (Å²) in [5.74, 6) is 1.22. The second kappa shape index (κ2) is 7.58. The van der Waals surface area contributed by atoms with Gasteiger partial charge < -0.3 is 0 Å². The number of thiazole rings is 1. The number of rotatable bonds is 5. The number of nitrogens with zero attached hydrogens (tertiary/aromatic N) is 3. The summed E-state index contributed by atoms with van der Waals surface area (Å²) in [5, 5.41) is 6.43. The Hall–Kier alpha value is -1.96. The first-order valence-corrected chi connectivity index (χ1v) is 11.4. The van der Waals surface area contributed by atoms with Gasteiger partial charge in [0.1, 0.15) is 9.84 Å². The van der Waals surface area contributed by atoms with E-state index in [1.165, 1.54) is 16.9 Å². The van der Waals surface area contributed by atoms with Crippen LogP contribution in [0.4, 0.5) is 0 Å². The Morgan fingerprint density at radius 1 is 1.11 bits per heavy atom. The van der Waals surface area contributed by atoms with Gasteiger partial charge in [0.05, 0.1) is 11.1 Å². The first-order chi connectivity index (χ1) is 13.0. The predicted molar refractivity (Wildman–Crippen MR) is 116 cm³/mol. The zero-order valence-electron chi connectivity index (χ0n) is 15.3. The van der Waals surface area contributed by atoms with E-state index < -0.39 is 0 Å². The van der Waals surface area contributed by atoms with Crippen molar-refractivity contribution in [2.24, 2.45) is 7.05 Å². The fourth-order valence-corrected chi connectivity index (χ4v) is 5.36. The number of thioether (sulfide) groups is 1. The number of hydrogen-bond acceptors (Lipinski definition) is 6. The van der Waals surface area contributed by atoms with E-state index in [1.54, 1.807) is 34.7 Å². The van der Waals surface area contributed by atoms with Crippen molar-refractivity contribution in [2.45, 2.75) is 30.7 Å². The molecule has 0 aliphatic heterocycles. The second-order valence-corrected chi connectivity index (χ2v) is 9.30. The van der Waals surface area contributed by atoms with Gasteiger partial charge in [-0.05, 0) is 22.9 Å². The molecule has 138 valence electrons. The Kier molecular flexibility index (Phi) is 5.16. The molecule has 0 bridgehead atoms. The molecule has 3 heterocycles. The molecular weight excluding hydrogens is 394 g/mol. The molecule has 4 aromatic rings. The number of thiophene rings is 1. The molecule has 0 saturated carbocycles. The van der Waals surface area contributed by atoms with Gasteiger partial charge in [-0.2, -0.15) is 0 Å². The lowest BCUT2D eigenvalue weighted by Crippen LogP contribution is -2.19. The van der Waals surface area contributed by atoms with Gasteiger partial charge in [0.2, 0.25) is 0 Å². The topological polar surface area (TPSA) is 47.8 Å². The van der Waals surface area contributed by atoms with Gasteiger partial charge in [0.25, 0.3) is 5.56 Å². The van der Waals surface area contributed by atoms with Gasteiger partial charge in [0, 0.05) is 23.7 Å². The van der Waals surface area contributed by atoms with Crippen molar-refractivity contribution < 1.29 is 0 Å². The maximum absolute atomic E-state index is 12.4. The van der Waals surface area contributed by atoms with E-state index in [0.29, 0.717) is 17.1 Å². The van der Waals surface area contributed by atoms with Crippen LogP contribution < -0.4 is 5.56 Å². The van der Waals surface area contributed by atoms with Gasteiger partial charge >= 0.3 is 0 Å². The highest BCUT2D eigenvalue weighted by Gasteiger charge is 2.11. The van der Waals surface area contributed by atoms with E-state index in [-0.39, 0.29) is 5.56 Å². The molecule has 0 radical (unpaired) electrons. The third-order valence-corrected chi connectivity index (χ3v) is 7.20. The van der Waals surface area contributed by atoms with Crippen LogP contribution in [0, 0.1) is 0 Å². The fraction of sp³-hybridized carbons (Fsp3) is 0.250. The minimum Gasteiger partial charge on any atom is -0.290 e. The van der Waals surface area contributed by atoms with Crippen LogP contribution in [0.1, 0.15) is 31.0 Å². The minimum atomic E-state index is 0.00737. The lowest BCUT2D eigenvalue weighted by atomic mass is 10.0. The average molecular weight is 414 g/mol. The molecule has 27 heavy (non-hydrogen) atoms. The monoisotopic (exact) mass is 413 g/mol. The van der Waals surface area contributed by atoms with E-state index >= 15 is 0 Å². The van der Waals surface area contributed by atoms with E-state index in [0.717, 1.165) is 26.3 Å². The summed E-state index contributed by atoms with van der Waals surface area (Å²) in [4.78, 5) is 22.6. The third kappa shape index (κ3) is 3.72. The maximum Gasteiger partial charge on any atom is 0.262 e. The zero-order chi connectivity index (χ0) is 19.0. The largest absolute Gasteiger partial charge is 0.290 e. The van der Waals surface area contributed by atoms with E-state index in [9.17, 15) is 4.79 Å². The molecule has 1 aromatic carbocycles. The van der Waals surface area contributed by atoms with Gasteiger partial charge in [-0.15, -0.1) is 22.7 Å². The number of aromatic nitrogens is 3. The van der Waals surface area contributed by atoms with Crippen molar-refractivity contribution in [3.63, 3.8) is 0 Å². The lowest BCUT2D eigenvalue weighted by molar-refractivity contribution is 0.728. The molecule has 0 fully saturated rings. The van der Waals surface area contributed by atoms with Gasteiger partial charge in [-0.3, -0.25) is 9.36 Å². The fourth-order valence-electron chi connectivity index (χ4n) is 2.76. The van der Waals surface area contributed by atoms with Crippen LogP contribution in [0.5, 0.6) is 0 Å². The predicted octanol–water partition coefficient (Wildman–Crippen LogP) is 5.53. The summed E-state index contributed by atoms with van der Waals surface area (Å²) in [7, 11) is 1.78. The zero-order valence-corrected chi connectivity index (χ0v) is 17.8. The van der Waals surface area contributed by atoms with Gasteiger partial charge in [-0.1, -0.05) is 49.9 Å². The Balaban J connectivity index is 1.52. The molecule has 0 saturated heterocycles. The summed E-state index contributed by atoms with van der Waals surface area (Å²) in [6, 6.07) is 10.5. The van der Waals surface area contributed by atoms with Crippen molar-refractivity contribution in [2.75, 3.05) is 0 Å². The Labute approximate surface area is 169 Å². The first kappa shape index (κ1) is 18.4. The first-order valence-electron chi connectivity index (χ1n) is 8.64. The summed E-state index contributed by atoms with van der Waals surface area (Å²) in [6.07, 6.45) is 0. The molecule has 0 N–H and O–H groups in total. The van der Waals surface area contributed by atoms with Crippen molar-refractivity contribution in [3.8, 4) is 10.6 Å². The van der Waals surface area contributed by atoms with E-state index in [2.05, 4.69) is 48.5 Å². The standard InChI is InChI=1S/C20H19N3OS3/c1-12(2)13-4-6-14(7-5-13)17-21-15(10-26-17)11-27-20-22-18-16(8-9-25-18)19(24)23(20)3/h4-10,12H,11H2,1-3H3. The molecule has 3 aromatic heterocycles. The van der Waals surface area contributed by atoms with Crippen LogP contribution in [0.25, 0.3) is 20.8 Å². The van der Waals surface area contributed by atoms with Crippen molar-refractivity contribution in [1.82, 2.24) is 14.5 Å². The molecular formula is C20H19N3OS3. The van der Waals surface area contributed by atoms with Crippen LogP contribution in [-0.4, -0.2) is 14.5 Å². The Morgan fingerprint density at radius 3 is 2.63 bits per heavy atom. The summed E-state index contributed by atoms with van der Waals surface area (Å²) in [6.45, 7) is 4.39. The van der Waals surface area contributed by atoms with Crippen LogP contribution in [0.15, 0.2) is 51.0 Å². The van der Waals surface area contributed by atoms with Crippen LogP contribution in [0.3, 0.4) is 0 Å². The van der Waals surface area contributed by atoms with Gasteiger partial charge in [0.15, 0.2) is 5.16 Å². The average Bonchev–Trinajstić information content (AvgIpc) is 3.33.